The molecule has 0 saturated heterocycles. The van der Waals surface area contributed by atoms with E-state index in [1.165, 1.54) is 28.4 Å². The first kappa shape index (κ1) is 20.7. The van der Waals surface area contributed by atoms with Gasteiger partial charge in [-0.1, -0.05) is 22.7 Å². The van der Waals surface area contributed by atoms with Gasteiger partial charge in [0.15, 0.2) is 5.13 Å². The van der Waals surface area contributed by atoms with E-state index in [1.807, 2.05) is 0 Å². The molecule has 4 aromatic rings. The molecule has 3 heterocycles. The molecule has 0 unspecified atom stereocenters. The van der Waals surface area contributed by atoms with E-state index in [0.29, 0.717) is 22.1 Å². The molecule has 31 heavy (non-hydrogen) atoms. The van der Waals surface area contributed by atoms with Crippen molar-refractivity contribution in [3.05, 3.63) is 69.3 Å². The number of thiophene rings is 1. The van der Waals surface area contributed by atoms with Crippen molar-refractivity contribution in [2.24, 2.45) is 0 Å². The monoisotopic (exact) mass is 456 g/mol. The second-order valence-electron chi connectivity index (χ2n) is 6.29. The standard InChI is InChI=1S/C20H16N4O5S2/c1-28-13-3-4-14(29-2)18-17(13)22-20(31-18)23(11-12-7-9-21-10-8-12)19(25)15-5-6-16(30-15)24(26)27/h3-10H,11H2,1-2H3. The van der Waals surface area contributed by atoms with Gasteiger partial charge >= 0.3 is 5.00 Å². The minimum absolute atomic E-state index is 0.0974. The van der Waals surface area contributed by atoms with Crippen LogP contribution in [0.1, 0.15) is 15.2 Å². The molecule has 1 aromatic carbocycles. The SMILES string of the molecule is COc1ccc(OC)c2sc(N(Cc3ccncc3)C(=O)c3ccc([N+](=O)[O-])s3)nc12. The summed E-state index contributed by atoms with van der Waals surface area (Å²) in [7, 11) is 3.11. The Hall–Kier alpha value is -3.57. The number of rotatable bonds is 7. The maximum atomic E-state index is 13.4. The molecule has 0 saturated carbocycles. The van der Waals surface area contributed by atoms with Crippen molar-refractivity contribution in [3.8, 4) is 11.5 Å². The predicted molar refractivity (Wildman–Crippen MR) is 118 cm³/mol. The molecule has 0 aliphatic rings. The van der Waals surface area contributed by atoms with Gasteiger partial charge in [-0.3, -0.25) is 24.8 Å². The largest absolute Gasteiger partial charge is 0.495 e. The molecule has 1 amide bonds. The summed E-state index contributed by atoms with van der Waals surface area (Å²) in [5.41, 5.74) is 1.42. The molecule has 0 aliphatic carbocycles. The molecule has 0 spiro atoms. The molecule has 0 fully saturated rings. The van der Waals surface area contributed by atoms with Crippen LogP contribution in [0, 0.1) is 10.1 Å². The number of thiazole rings is 1. The average Bonchev–Trinajstić information content (AvgIpc) is 3.45. The van der Waals surface area contributed by atoms with Gasteiger partial charge in [-0.25, -0.2) is 4.98 Å². The molecule has 9 nitrogen and oxygen atoms in total. The van der Waals surface area contributed by atoms with Crippen LogP contribution in [-0.2, 0) is 6.54 Å². The lowest BCUT2D eigenvalue weighted by molar-refractivity contribution is -0.380. The number of nitro groups is 1. The molecule has 0 N–H and O–H groups in total. The minimum Gasteiger partial charge on any atom is -0.495 e. The number of aromatic nitrogens is 2. The molecule has 0 radical (unpaired) electrons. The van der Waals surface area contributed by atoms with E-state index in [0.717, 1.165) is 21.6 Å². The van der Waals surface area contributed by atoms with Gasteiger partial charge in [-0.05, 0) is 35.9 Å². The van der Waals surface area contributed by atoms with E-state index in [2.05, 4.69) is 9.97 Å². The Balaban J connectivity index is 1.82. The Morgan fingerprint density at radius 2 is 1.77 bits per heavy atom. The van der Waals surface area contributed by atoms with Gasteiger partial charge in [0.1, 0.15) is 21.7 Å². The zero-order valence-electron chi connectivity index (χ0n) is 16.5. The van der Waals surface area contributed by atoms with Gasteiger partial charge in [0.2, 0.25) is 0 Å². The van der Waals surface area contributed by atoms with Crippen LogP contribution in [0.2, 0.25) is 0 Å². The van der Waals surface area contributed by atoms with Crippen LogP contribution in [0.5, 0.6) is 11.5 Å². The number of methoxy groups -OCH3 is 2. The molecule has 0 bridgehead atoms. The van der Waals surface area contributed by atoms with Crippen LogP contribution in [-0.4, -0.2) is 35.0 Å². The summed E-state index contributed by atoms with van der Waals surface area (Å²) < 4.78 is 11.6. The van der Waals surface area contributed by atoms with E-state index in [-0.39, 0.29) is 22.3 Å². The molecule has 4 rings (SSSR count). The number of hydrogen-bond donors (Lipinski definition) is 0. The Bertz CT molecular complexity index is 1210. The van der Waals surface area contributed by atoms with Crippen molar-refractivity contribution in [1.82, 2.24) is 9.97 Å². The summed E-state index contributed by atoms with van der Waals surface area (Å²) >= 11 is 2.12. The Kier molecular flexibility index (Phi) is 5.78. The van der Waals surface area contributed by atoms with Crippen LogP contribution in [0.3, 0.4) is 0 Å². The van der Waals surface area contributed by atoms with Crippen LogP contribution in [0.4, 0.5) is 10.1 Å². The number of hydrogen-bond acceptors (Lipinski definition) is 9. The highest BCUT2D eigenvalue weighted by Gasteiger charge is 2.26. The third-order valence-corrected chi connectivity index (χ3v) is 6.57. The first-order valence-electron chi connectivity index (χ1n) is 8.98. The molecule has 3 aromatic heterocycles. The van der Waals surface area contributed by atoms with Gasteiger partial charge in [0.05, 0.1) is 30.6 Å². The van der Waals surface area contributed by atoms with E-state index in [4.69, 9.17) is 9.47 Å². The van der Waals surface area contributed by atoms with Crippen LogP contribution >= 0.6 is 22.7 Å². The predicted octanol–water partition coefficient (Wildman–Crippen LogP) is 4.53. The minimum atomic E-state index is -0.512. The lowest BCUT2D eigenvalue weighted by Crippen LogP contribution is -2.29. The topological polar surface area (TPSA) is 108 Å². The lowest BCUT2D eigenvalue weighted by atomic mass is 10.2. The van der Waals surface area contributed by atoms with Crippen LogP contribution in [0.15, 0.2) is 48.8 Å². The highest BCUT2D eigenvalue weighted by molar-refractivity contribution is 7.23. The third kappa shape index (κ3) is 4.05. The van der Waals surface area contributed by atoms with Crippen molar-refractivity contribution >= 4 is 48.9 Å². The number of fused-ring (bicyclic) bond motifs is 1. The maximum Gasteiger partial charge on any atom is 0.324 e. The van der Waals surface area contributed by atoms with Crippen molar-refractivity contribution in [2.45, 2.75) is 6.54 Å². The van der Waals surface area contributed by atoms with Gasteiger partial charge in [0.25, 0.3) is 5.91 Å². The molecule has 11 heteroatoms. The summed E-state index contributed by atoms with van der Waals surface area (Å²) in [6.45, 7) is 0.220. The highest BCUT2D eigenvalue weighted by atomic mass is 32.1. The van der Waals surface area contributed by atoms with Crippen molar-refractivity contribution in [1.29, 1.82) is 0 Å². The second kappa shape index (κ2) is 8.66. The molecular formula is C20H16N4O5S2. The maximum absolute atomic E-state index is 13.4. The van der Waals surface area contributed by atoms with Crippen LogP contribution < -0.4 is 14.4 Å². The number of amides is 1. The number of carbonyl (C=O) groups is 1. The smallest absolute Gasteiger partial charge is 0.324 e. The van der Waals surface area contributed by atoms with Gasteiger partial charge in [-0.2, -0.15) is 0 Å². The number of anilines is 1. The number of carbonyl (C=O) groups excluding carboxylic acids is 1. The molecule has 0 aliphatic heterocycles. The fourth-order valence-electron chi connectivity index (χ4n) is 2.96. The highest BCUT2D eigenvalue weighted by Crippen LogP contribution is 2.41. The van der Waals surface area contributed by atoms with Crippen molar-refractivity contribution in [3.63, 3.8) is 0 Å². The van der Waals surface area contributed by atoms with Gasteiger partial charge < -0.3 is 9.47 Å². The molecule has 0 atom stereocenters. The Labute approximate surface area is 184 Å². The van der Waals surface area contributed by atoms with Gasteiger partial charge in [0, 0.05) is 18.5 Å². The summed E-state index contributed by atoms with van der Waals surface area (Å²) in [6, 6.07) is 9.91. The fraction of sp³-hybridized carbons (Fsp3) is 0.150. The van der Waals surface area contributed by atoms with E-state index < -0.39 is 4.92 Å². The summed E-state index contributed by atoms with van der Waals surface area (Å²) in [4.78, 5) is 34.3. The van der Waals surface area contributed by atoms with E-state index in [9.17, 15) is 14.9 Å². The van der Waals surface area contributed by atoms with E-state index in [1.54, 1.807) is 50.9 Å². The zero-order valence-corrected chi connectivity index (χ0v) is 18.1. The molecular weight excluding hydrogens is 440 g/mol. The first-order valence-corrected chi connectivity index (χ1v) is 10.6. The first-order chi connectivity index (χ1) is 15.0. The zero-order chi connectivity index (χ0) is 22.0. The van der Waals surface area contributed by atoms with E-state index >= 15 is 0 Å². The second-order valence-corrected chi connectivity index (χ2v) is 8.33. The van der Waals surface area contributed by atoms with Crippen molar-refractivity contribution in [2.75, 3.05) is 19.1 Å². The molecule has 158 valence electrons. The average molecular weight is 457 g/mol. The number of nitrogens with zero attached hydrogens (tertiary/aromatic N) is 4. The van der Waals surface area contributed by atoms with Crippen molar-refractivity contribution < 1.29 is 19.2 Å². The summed E-state index contributed by atoms with van der Waals surface area (Å²) in [6.07, 6.45) is 3.27. The number of ether oxygens (including phenoxy) is 2. The summed E-state index contributed by atoms with van der Waals surface area (Å²) in [5, 5.41) is 11.4. The van der Waals surface area contributed by atoms with Gasteiger partial charge in [-0.15, -0.1) is 0 Å². The number of pyridine rings is 1. The summed E-state index contributed by atoms with van der Waals surface area (Å²) in [5.74, 6) is 0.788. The Morgan fingerprint density at radius 1 is 1.06 bits per heavy atom. The number of benzene rings is 1. The fourth-order valence-corrected chi connectivity index (χ4v) is 4.80. The Morgan fingerprint density at radius 3 is 2.42 bits per heavy atom. The lowest BCUT2D eigenvalue weighted by Gasteiger charge is -2.19. The normalized spacial score (nSPS) is 10.8. The third-order valence-electron chi connectivity index (χ3n) is 4.45. The quantitative estimate of drug-likeness (QED) is 0.297. The van der Waals surface area contributed by atoms with Crippen LogP contribution in [0.25, 0.3) is 10.2 Å².